The summed E-state index contributed by atoms with van der Waals surface area (Å²) in [6.07, 6.45) is 6.62. The Morgan fingerprint density at radius 2 is 2.04 bits per heavy atom. The van der Waals surface area contributed by atoms with Crippen LogP contribution in [0, 0.1) is 21.4 Å². The van der Waals surface area contributed by atoms with Crippen LogP contribution in [0.25, 0.3) is 17.4 Å². The number of nitrogens with one attached hydrogen (secondary N) is 1. The van der Waals surface area contributed by atoms with Crippen molar-refractivity contribution in [1.82, 2.24) is 5.32 Å². The number of halogens is 1. The van der Waals surface area contributed by atoms with Crippen molar-refractivity contribution in [3.05, 3.63) is 56.3 Å². The highest BCUT2D eigenvalue weighted by Crippen LogP contribution is 2.33. The Balaban J connectivity index is 1.77. The summed E-state index contributed by atoms with van der Waals surface area (Å²) < 4.78 is 6.23. The van der Waals surface area contributed by atoms with Crippen LogP contribution in [-0.4, -0.2) is 16.9 Å². The summed E-state index contributed by atoms with van der Waals surface area (Å²) in [5.74, 6) is 0.428. The molecule has 1 heterocycles. The van der Waals surface area contributed by atoms with Gasteiger partial charge in [0, 0.05) is 34.3 Å². The SMILES string of the molecule is N#C/C(=C\c1ccc(-c2ccc([N+](=O)[O-])cc2Br)o1)C(=O)NC1CCCCC1. The van der Waals surface area contributed by atoms with Crippen LogP contribution in [0.15, 0.2) is 44.8 Å². The van der Waals surface area contributed by atoms with Gasteiger partial charge < -0.3 is 9.73 Å². The summed E-state index contributed by atoms with van der Waals surface area (Å²) in [7, 11) is 0. The molecule has 1 aromatic carbocycles. The number of hydrogen-bond acceptors (Lipinski definition) is 5. The summed E-state index contributed by atoms with van der Waals surface area (Å²) in [6, 6.07) is 9.73. The van der Waals surface area contributed by atoms with E-state index in [4.69, 9.17) is 4.42 Å². The molecule has 28 heavy (non-hydrogen) atoms. The van der Waals surface area contributed by atoms with Crippen LogP contribution in [0.4, 0.5) is 5.69 Å². The molecule has 1 aliphatic carbocycles. The van der Waals surface area contributed by atoms with Gasteiger partial charge in [0.25, 0.3) is 11.6 Å². The van der Waals surface area contributed by atoms with Gasteiger partial charge in [0.05, 0.1) is 4.92 Å². The molecule has 0 spiro atoms. The van der Waals surface area contributed by atoms with Crippen LogP contribution in [0.5, 0.6) is 0 Å². The van der Waals surface area contributed by atoms with Gasteiger partial charge in [-0.3, -0.25) is 14.9 Å². The minimum Gasteiger partial charge on any atom is -0.457 e. The Hall–Kier alpha value is -2.92. The highest BCUT2D eigenvalue weighted by Gasteiger charge is 2.19. The Kier molecular flexibility index (Phi) is 6.26. The predicted octanol–water partition coefficient (Wildman–Crippen LogP) is 4.97. The molecule has 7 nitrogen and oxygen atoms in total. The van der Waals surface area contributed by atoms with E-state index in [1.54, 1.807) is 18.2 Å². The highest BCUT2D eigenvalue weighted by atomic mass is 79.9. The maximum absolute atomic E-state index is 12.4. The first-order valence-electron chi connectivity index (χ1n) is 8.94. The van der Waals surface area contributed by atoms with Crippen molar-refractivity contribution < 1.29 is 14.1 Å². The van der Waals surface area contributed by atoms with Gasteiger partial charge >= 0.3 is 0 Å². The molecule has 3 rings (SSSR count). The minimum absolute atomic E-state index is 0.0192. The van der Waals surface area contributed by atoms with Crippen LogP contribution in [0.1, 0.15) is 37.9 Å². The molecule has 1 amide bonds. The Bertz CT molecular complexity index is 968. The van der Waals surface area contributed by atoms with Crippen molar-refractivity contribution in [3.63, 3.8) is 0 Å². The molecule has 1 aromatic heterocycles. The lowest BCUT2D eigenvalue weighted by atomic mass is 9.95. The van der Waals surface area contributed by atoms with Crippen molar-refractivity contribution in [2.75, 3.05) is 0 Å². The molecule has 1 fully saturated rings. The fourth-order valence-corrected chi connectivity index (χ4v) is 3.76. The Labute approximate surface area is 170 Å². The van der Waals surface area contributed by atoms with E-state index in [9.17, 15) is 20.2 Å². The number of hydrogen-bond donors (Lipinski definition) is 1. The number of amides is 1. The maximum atomic E-state index is 12.4. The molecule has 0 saturated heterocycles. The van der Waals surface area contributed by atoms with Crippen molar-refractivity contribution in [2.24, 2.45) is 0 Å². The molecule has 0 bridgehead atoms. The second-order valence-electron chi connectivity index (χ2n) is 6.60. The Morgan fingerprint density at radius 1 is 1.29 bits per heavy atom. The lowest BCUT2D eigenvalue weighted by Crippen LogP contribution is -2.36. The first-order chi connectivity index (χ1) is 13.5. The van der Waals surface area contributed by atoms with Crippen molar-refractivity contribution >= 4 is 33.6 Å². The number of non-ortho nitro benzene ring substituents is 1. The van der Waals surface area contributed by atoms with Gasteiger partial charge in [0.15, 0.2) is 0 Å². The lowest BCUT2D eigenvalue weighted by molar-refractivity contribution is -0.384. The summed E-state index contributed by atoms with van der Waals surface area (Å²) in [5, 5.41) is 23.1. The van der Waals surface area contributed by atoms with Crippen LogP contribution in [0.2, 0.25) is 0 Å². The fraction of sp³-hybridized carbons (Fsp3) is 0.300. The molecular weight excluding hydrogens is 426 g/mol. The summed E-state index contributed by atoms with van der Waals surface area (Å²) in [4.78, 5) is 22.7. The van der Waals surface area contributed by atoms with E-state index in [1.807, 2.05) is 6.07 Å². The molecule has 1 aliphatic rings. The van der Waals surface area contributed by atoms with Gasteiger partial charge in [-0.15, -0.1) is 0 Å². The number of benzene rings is 1. The van der Waals surface area contributed by atoms with E-state index in [0.29, 0.717) is 21.6 Å². The third-order valence-corrected chi connectivity index (χ3v) is 5.30. The molecule has 1 N–H and O–H groups in total. The zero-order valence-electron chi connectivity index (χ0n) is 15.0. The normalized spacial score (nSPS) is 15.1. The van der Waals surface area contributed by atoms with E-state index in [0.717, 1.165) is 25.7 Å². The number of nitrogens with zero attached hydrogens (tertiary/aromatic N) is 2. The van der Waals surface area contributed by atoms with E-state index in [2.05, 4.69) is 21.2 Å². The van der Waals surface area contributed by atoms with Crippen molar-refractivity contribution in [2.45, 2.75) is 38.1 Å². The predicted molar refractivity (Wildman–Crippen MR) is 107 cm³/mol. The number of furan rings is 1. The zero-order valence-corrected chi connectivity index (χ0v) is 16.6. The van der Waals surface area contributed by atoms with Gasteiger partial charge in [0.1, 0.15) is 23.2 Å². The van der Waals surface area contributed by atoms with E-state index in [-0.39, 0.29) is 17.3 Å². The Morgan fingerprint density at radius 3 is 2.68 bits per heavy atom. The first kappa shape index (κ1) is 19.8. The summed E-state index contributed by atoms with van der Waals surface area (Å²) in [6.45, 7) is 0. The molecule has 0 aliphatic heterocycles. The van der Waals surface area contributed by atoms with Gasteiger partial charge in [-0.05, 0) is 47.0 Å². The molecule has 0 radical (unpaired) electrons. The van der Waals surface area contributed by atoms with Gasteiger partial charge in [-0.2, -0.15) is 5.26 Å². The number of nitro benzene ring substituents is 1. The van der Waals surface area contributed by atoms with Crippen LogP contribution in [0.3, 0.4) is 0 Å². The molecule has 144 valence electrons. The highest BCUT2D eigenvalue weighted by molar-refractivity contribution is 9.10. The van der Waals surface area contributed by atoms with E-state index < -0.39 is 10.8 Å². The van der Waals surface area contributed by atoms with Crippen LogP contribution < -0.4 is 5.32 Å². The topological polar surface area (TPSA) is 109 Å². The van der Waals surface area contributed by atoms with E-state index in [1.165, 1.54) is 24.6 Å². The molecule has 8 heteroatoms. The molecule has 0 atom stereocenters. The average Bonchev–Trinajstić information content (AvgIpc) is 3.15. The number of nitriles is 1. The zero-order chi connectivity index (χ0) is 20.1. The number of nitro groups is 1. The quantitative estimate of drug-likeness (QED) is 0.303. The first-order valence-corrected chi connectivity index (χ1v) is 9.74. The third kappa shape index (κ3) is 4.67. The molecule has 1 saturated carbocycles. The summed E-state index contributed by atoms with van der Waals surface area (Å²) >= 11 is 3.31. The smallest absolute Gasteiger partial charge is 0.270 e. The molecular formula is C20H18BrN3O4. The number of carbonyl (C=O) groups excluding carboxylic acids is 1. The van der Waals surface area contributed by atoms with Crippen LogP contribution in [-0.2, 0) is 4.79 Å². The number of rotatable bonds is 5. The van der Waals surface area contributed by atoms with Gasteiger partial charge in [-0.25, -0.2) is 0 Å². The second kappa shape index (κ2) is 8.85. The van der Waals surface area contributed by atoms with Gasteiger partial charge in [0.2, 0.25) is 0 Å². The van der Waals surface area contributed by atoms with Crippen LogP contribution >= 0.6 is 15.9 Å². The maximum Gasteiger partial charge on any atom is 0.270 e. The summed E-state index contributed by atoms with van der Waals surface area (Å²) in [5.41, 5.74) is 0.582. The van der Waals surface area contributed by atoms with Crippen molar-refractivity contribution in [3.8, 4) is 17.4 Å². The van der Waals surface area contributed by atoms with Gasteiger partial charge in [-0.1, -0.05) is 19.3 Å². The number of carbonyl (C=O) groups is 1. The third-order valence-electron chi connectivity index (χ3n) is 4.65. The van der Waals surface area contributed by atoms with Crippen molar-refractivity contribution in [1.29, 1.82) is 5.26 Å². The lowest BCUT2D eigenvalue weighted by Gasteiger charge is -2.22. The second-order valence-corrected chi connectivity index (χ2v) is 7.46. The van der Waals surface area contributed by atoms with E-state index >= 15 is 0 Å². The fourth-order valence-electron chi connectivity index (χ4n) is 3.19. The molecule has 2 aromatic rings. The average molecular weight is 444 g/mol. The monoisotopic (exact) mass is 443 g/mol. The standard InChI is InChI=1S/C20H18BrN3O4/c21-18-11-15(24(26)27)6-8-17(18)19-9-7-16(28-19)10-13(12-22)20(25)23-14-4-2-1-3-5-14/h6-11,14H,1-5H2,(H,23,25)/b13-10+. The molecule has 0 unspecified atom stereocenters. The minimum atomic E-state index is -0.477. The largest absolute Gasteiger partial charge is 0.457 e.